The minimum atomic E-state index is -0.761. The summed E-state index contributed by atoms with van der Waals surface area (Å²) >= 11 is 1.37. The van der Waals surface area contributed by atoms with E-state index in [1.807, 2.05) is 19.1 Å². The normalized spacial score (nSPS) is 11.7. The number of carbonyl (C=O) groups is 2. The summed E-state index contributed by atoms with van der Waals surface area (Å²) in [4.78, 5) is 41.5. The molecular weight excluding hydrogens is 551 g/mol. The van der Waals surface area contributed by atoms with Gasteiger partial charge in [-0.2, -0.15) is 0 Å². The van der Waals surface area contributed by atoms with E-state index in [0.717, 1.165) is 11.1 Å². The van der Waals surface area contributed by atoms with Gasteiger partial charge in [-0.3, -0.25) is 15.1 Å². The highest BCUT2D eigenvalue weighted by Gasteiger charge is 2.18. The number of benzene rings is 2. The van der Waals surface area contributed by atoms with Crippen LogP contribution in [0.25, 0.3) is 31.8 Å². The van der Waals surface area contributed by atoms with E-state index in [9.17, 15) is 14.0 Å². The number of thiazole rings is 1. The molecule has 0 saturated heterocycles. The van der Waals surface area contributed by atoms with E-state index in [1.165, 1.54) is 49.9 Å². The highest BCUT2D eigenvalue weighted by molar-refractivity contribution is 7.21. The van der Waals surface area contributed by atoms with Crippen molar-refractivity contribution in [3.63, 3.8) is 0 Å². The van der Waals surface area contributed by atoms with Crippen LogP contribution >= 0.6 is 11.3 Å². The van der Waals surface area contributed by atoms with E-state index in [2.05, 4.69) is 30.6 Å². The molecule has 0 aliphatic heterocycles. The molecule has 13 heteroatoms. The molecule has 2 amide bonds. The maximum Gasteiger partial charge on any atom is 0.411 e. The smallest absolute Gasteiger partial charge is 0.411 e. The van der Waals surface area contributed by atoms with Crippen molar-refractivity contribution in [3.8, 4) is 22.2 Å². The van der Waals surface area contributed by atoms with Crippen molar-refractivity contribution >= 4 is 50.3 Å². The Balaban J connectivity index is 1.28. The van der Waals surface area contributed by atoms with Gasteiger partial charge in [-0.1, -0.05) is 0 Å². The van der Waals surface area contributed by atoms with Gasteiger partial charge >= 0.3 is 6.09 Å². The summed E-state index contributed by atoms with van der Waals surface area (Å²) in [6, 6.07) is 9.69. The van der Waals surface area contributed by atoms with E-state index in [0.29, 0.717) is 37.8 Å². The SMILES string of the molecule is CNC(=O)c1cc(NC(=O)OC[C@H](C)Oc2cc3sc(-c4cc(C)cc5nc(OC)cnc45)nc3cc2F)ccn1. The van der Waals surface area contributed by atoms with Crippen LogP contribution in [0.5, 0.6) is 11.6 Å². The number of amides is 2. The molecule has 0 fully saturated rings. The molecule has 5 rings (SSSR count). The lowest BCUT2D eigenvalue weighted by Gasteiger charge is -2.16. The molecule has 0 aliphatic rings. The van der Waals surface area contributed by atoms with Crippen LogP contribution in [0.1, 0.15) is 23.0 Å². The van der Waals surface area contributed by atoms with Gasteiger partial charge < -0.3 is 19.5 Å². The van der Waals surface area contributed by atoms with Gasteiger partial charge in [0.25, 0.3) is 5.91 Å². The fourth-order valence-electron chi connectivity index (χ4n) is 4.00. The average molecular weight is 577 g/mol. The van der Waals surface area contributed by atoms with Crippen LogP contribution < -0.4 is 20.1 Å². The van der Waals surface area contributed by atoms with Gasteiger partial charge in [-0.15, -0.1) is 11.3 Å². The van der Waals surface area contributed by atoms with Crippen LogP contribution in [0.2, 0.25) is 0 Å². The first-order valence-corrected chi connectivity index (χ1v) is 13.3. The number of aryl methyl sites for hydroxylation is 1. The molecule has 0 saturated carbocycles. The maximum atomic E-state index is 15.0. The fraction of sp³-hybridized carbons (Fsp3) is 0.214. The monoisotopic (exact) mass is 576 g/mol. The second-order valence-corrected chi connectivity index (χ2v) is 10.1. The third-order valence-electron chi connectivity index (χ3n) is 5.89. The minimum Gasteiger partial charge on any atom is -0.484 e. The molecule has 0 bridgehead atoms. The molecular formula is C28H25FN6O5S. The third kappa shape index (κ3) is 6.14. The summed E-state index contributed by atoms with van der Waals surface area (Å²) in [6.07, 6.45) is 1.51. The maximum absolute atomic E-state index is 15.0. The Bertz CT molecular complexity index is 1780. The molecule has 11 nitrogen and oxygen atoms in total. The van der Waals surface area contributed by atoms with Crippen molar-refractivity contribution in [3.05, 3.63) is 65.9 Å². The number of hydrogen-bond donors (Lipinski definition) is 2. The quantitative estimate of drug-likeness (QED) is 0.257. The first kappa shape index (κ1) is 27.6. The first-order valence-electron chi connectivity index (χ1n) is 12.4. The number of pyridine rings is 1. The Labute approximate surface area is 237 Å². The lowest BCUT2D eigenvalue weighted by Crippen LogP contribution is -2.24. The molecule has 3 heterocycles. The number of fused-ring (bicyclic) bond motifs is 2. The molecule has 41 heavy (non-hydrogen) atoms. The van der Waals surface area contributed by atoms with Crippen LogP contribution in [-0.2, 0) is 4.74 Å². The Morgan fingerprint density at radius 1 is 1.10 bits per heavy atom. The highest BCUT2D eigenvalue weighted by atomic mass is 32.1. The molecule has 1 atom stereocenters. The van der Waals surface area contributed by atoms with Gasteiger partial charge in [0.1, 0.15) is 23.4 Å². The van der Waals surface area contributed by atoms with Crippen molar-refractivity contribution < 1.29 is 28.2 Å². The summed E-state index contributed by atoms with van der Waals surface area (Å²) in [6.45, 7) is 3.45. The van der Waals surface area contributed by atoms with E-state index < -0.39 is 23.9 Å². The predicted molar refractivity (Wildman–Crippen MR) is 152 cm³/mol. The molecule has 0 aliphatic carbocycles. The summed E-state index contributed by atoms with van der Waals surface area (Å²) in [5.41, 5.74) is 4.03. The van der Waals surface area contributed by atoms with Gasteiger partial charge in [0, 0.05) is 36.6 Å². The highest BCUT2D eigenvalue weighted by Crippen LogP contribution is 2.37. The number of nitrogens with zero attached hydrogens (tertiary/aromatic N) is 4. The summed E-state index contributed by atoms with van der Waals surface area (Å²) in [5.74, 6) is -0.571. The van der Waals surface area contributed by atoms with Crippen molar-refractivity contribution in [1.29, 1.82) is 0 Å². The second kappa shape index (κ2) is 11.7. The van der Waals surface area contributed by atoms with Gasteiger partial charge in [0.2, 0.25) is 5.88 Å². The van der Waals surface area contributed by atoms with Crippen molar-refractivity contribution in [2.45, 2.75) is 20.0 Å². The molecule has 0 radical (unpaired) electrons. The van der Waals surface area contributed by atoms with Gasteiger partial charge in [0.15, 0.2) is 11.6 Å². The number of ether oxygens (including phenoxy) is 3. The van der Waals surface area contributed by atoms with Crippen LogP contribution in [0.15, 0.2) is 48.8 Å². The molecule has 2 N–H and O–H groups in total. The Morgan fingerprint density at radius 2 is 1.93 bits per heavy atom. The van der Waals surface area contributed by atoms with Crippen molar-refractivity contribution in [2.24, 2.45) is 0 Å². The van der Waals surface area contributed by atoms with Crippen molar-refractivity contribution in [1.82, 2.24) is 25.3 Å². The van der Waals surface area contributed by atoms with E-state index in [1.54, 1.807) is 19.2 Å². The number of nitrogens with one attached hydrogen (secondary N) is 2. The third-order valence-corrected chi connectivity index (χ3v) is 6.95. The van der Waals surface area contributed by atoms with Gasteiger partial charge in [-0.25, -0.2) is 24.1 Å². The van der Waals surface area contributed by atoms with Crippen molar-refractivity contribution in [2.75, 3.05) is 26.1 Å². The van der Waals surface area contributed by atoms with Crippen LogP contribution in [-0.4, -0.2) is 58.8 Å². The topological polar surface area (TPSA) is 137 Å². The standard InChI is InChI=1S/C28H25FN6O5S/c1-14-7-17(25-20(8-14)34-24(38-4)12-32-25)27-35-19-10-18(29)22(11-23(19)41-27)40-15(2)13-39-28(37)33-16-5-6-31-21(9-16)26(36)30-3/h5-12,15H,13H2,1-4H3,(H,30,36)(H,31,33,37)/t15-/m0/s1. The Kier molecular flexibility index (Phi) is 7.88. The van der Waals surface area contributed by atoms with Crippen LogP contribution in [0.3, 0.4) is 0 Å². The first-order chi connectivity index (χ1) is 19.7. The summed E-state index contributed by atoms with van der Waals surface area (Å²) in [5, 5.41) is 5.64. The number of methoxy groups -OCH3 is 1. The van der Waals surface area contributed by atoms with Gasteiger partial charge in [-0.05, 0) is 43.7 Å². The van der Waals surface area contributed by atoms with Crippen LogP contribution in [0, 0.1) is 12.7 Å². The Morgan fingerprint density at radius 3 is 2.71 bits per heavy atom. The van der Waals surface area contributed by atoms with E-state index in [-0.39, 0.29) is 18.1 Å². The van der Waals surface area contributed by atoms with E-state index >= 15 is 0 Å². The zero-order chi connectivity index (χ0) is 29.1. The number of halogens is 1. The molecule has 2 aromatic carbocycles. The summed E-state index contributed by atoms with van der Waals surface area (Å²) in [7, 11) is 3.01. The molecule has 5 aromatic rings. The predicted octanol–water partition coefficient (Wildman–Crippen LogP) is 5.13. The molecule has 3 aromatic heterocycles. The fourth-order valence-corrected chi connectivity index (χ4v) is 5.00. The zero-order valence-electron chi connectivity index (χ0n) is 22.5. The summed E-state index contributed by atoms with van der Waals surface area (Å²) < 4.78 is 31.8. The second-order valence-electron chi connectivity index (χ2n) is 9.02. The van der Waals surface area contributed by atoms with Gasteiger partial charge in [0.05, 0.1) is 34.6 Å². The molecule has 210 valence electrons. The van der Waals surface area contributed by atoms with Crippen LogP contribution in [0.4, 0.5) is 14.9 Å². The minimum absolute atomic E-state index is 0.00666. The van der Waals surface area contributed by atoms with E-state index in [4.69, 9.17) is 14.2 Å². The largest absolute Gasteiger partial charge is 0.484 e. The Hall–Kier alpha value is -4.91. The molecule has 0 spiro atoms. The number of rotatable bonds is 8. The number of anilines is 1. The number of hydrogen-bond acceptors (Lipinski definition) is 10. The number of carbonyl (C=O) groups excluding carboxylic acids is 2. The zero-order valence-corrected chi connectivity index (χ0v) is 23.3. The molecule has 0 unspecified atom stereocenters. The number of aromatic nitrogens is 4. The average Bonchev–Trinajstić information content (AvgIpc) is 3.37. The lowest BCUT2D eigenvalue weighted by atomic mass is 10.1. The lowest BCUT2D eigenvalue weighted by molar-refractivity contribution is 0.0955.